The number of aromatic nitrogens is 2. The molecular formula is C75H61F3N4. The summed E-state index contributed by atoms with van der Waals surface area (Å²) in [5.41, 5.74) is 25.9. The molecule has 12 rings (SSSR count). The molecule has 0 saturated heterocycles. The Balaban J connectivity index is 1.23. The van der Waals surface area contributed by atoms with Crippen LogP contribution in [0.5, 0.6) is 0 Å². The molecule has 2 heterocycles. The lowest BCUT2D eigenvalue weighted by Crippen LogP contribution is -2.09. The Morgan fingerprint density at radius 2 is 0.622 bits per heavy atom. The van der Waals surface area contributed by atoms with Gasteiger partial charge in [0.1, 0.15) is 11.6 Å². The molecule has 0 bridgehead atoms. The molecule has 0 aliphatic carbocycles. The van der Waals surface area contributed by atoms with E-state index in [-0.39, 0.29) is 22.3 Å². The fourth-order valence-corrected chi connectivity index (χ4v) is 14.1. The maximum atomic E-state index is 15.6. The van der Waals surface area contributed by atoms with Gasteiger partial charge in [0.2, 0.25) is 0 Å². The summed E-state index contributed by atoms with van der Waals surface area (Å²) >= 11 is 0. The van der Waals surface area contributed by atoms with Crippen LogP contribution >= 0.6 is 0 Å². The van der Waals surface area contributed by atoms with Crippen LogP contribution in [0.25, 0.3) is 111 Å². The molecule has 0 radical (unpaired) electrons. The first kappa shape index (κ1) is 53.2. The van der Waals surface area contributed by atoms with Gasteiger partial charge in [-0.25, -0.2) is 0 Å². The van der Waals surface area contributed by atoms with E-state index in [1.807, 2.05) is 6.07 Å². The fraction of sp³-hybridized carbons (Fsp3) is 0.173. The van der Waals surface area contributed by atoms with Gasteiger partial charge in [-0.15, -0.1) is 0 Å². The van der Waals surface area contributed by atoms with Crippen LogP contribution in [0.4, 0.5) is 13.2 Å². The van der Waals surface area contributed by atoms with Crippen LogP contribution in [0.3, 0.4) is 0 Å². The lowest BCUT2D eigenvalue weighted by molar-refractivity contribution is -0.137. The number of nitriles is 2. The Labute approximate surface area is 477 Å². The maximum Gasteiger partial charge on any atom is 0.417 e. The lowest BCUT2D eigenvalue weighted by Gasteiger charge is -2.20. The van der Waals surface area contributed by atoms with Crippen molar-refractivity contribution in [1.82, 2.24) is 9.13 Å². The number of aryl methyl sites for hydroxylation is 12. The molecule has 10 aromatic carbocycles. The Hall–Kier alpha value is -9.43. The second-order valence-electron chi connectivity index (χ2n) is 23.1. The number of benzene rings is 10. The average Bonchev–Trinajstić information content (AvgIpc) is 4.00. The molecule has 4 nitrogen and oxygen atoms in total. The summed E-state index contributed by atoms with van der Waals surface area (Å²) < 4.78 is 51.0. The number of hydrogen-bond acceptors (Lipinski definition) is 2. The van der Waals surface area contributed by atoms with Crippen LogP contribution in [0.1, 0.15) is 83.5 Å². The van der Waals surface area contributed by atoms with E-state index in [2.05, 4.69) is 220 Å². The molecule has 0 N–H and O–H groups in total. The van der Waals surface area contributed by atoms with E-state index in [1.54, 1.807) is 12.1 Å². The van der Waals surface area contributed by atoms with Crippen LogP contribution < -0.4 is 0 Å². The molecular weight excluding hydrogens is 1010 g/mol. The van der Waals surface area contributed by atoms with Gasteiger partial charge >= 0.3 is 6.18 Å². The molecule has 0 aliphatic rings. The molecule has 2 aromatic heterocycles. The minimum atomic E-state index is -4.83. The van der Waals surface area contributed by atoms with Crippen molar-refractivity contribution < 1.29 is 13.2 Å². The van der Waals surface area contributed by atoms with E-state index in [9.17, 15) is 10.5 Å². The summed E-state index contributed by atoms with van der Waals surface area (Å²) in [6.45, 7) is 25.5. The highest BCUT2D eigenvalue weighted by molar-refractivity contribution is 6.14. The maximum absolute atomic E-state index is 15.6. The summed E-state index contributed by atoms with van der Waals surface area (Å²) in [6.07, 6.45) is -4.83. The fourth-order valence-electron chi connectivity index (χ4n) is 14.1. The first-order valence-corrected chi connectivity index (χ1v) is 27.8. The van der Waals surface area contributed by atoms with Gasteiger partial charge in [0.05, 0.1) is 50.6 Å². The van der Waals surface area contributed by atoms with Crippen LogP contribution in [0.2, 0.25) is 0 Å². The van der Waals surface area contributed by atoms with Crippen molar-refractivity contribution in [2.45, 2.75) is 89.3 Å². The van der Waals surface area contributed by atoms with Crippen molar-refractivity contribution in [3.63, 3.8) is 0 Å². The summed E-state index contributed by atoms with van der Waals surface area (Å²) in [4.78, 5) is 0. The topological polar surface area (TPSA) is 57.4 Å². The van der Waals surface area contributed by atoms with Gasteiger partial charge in [-0.05, 0) is 256 Å². The van der Waals surface area contributed by atoms with Crippen molar-refractivity contribution in [3.05, 3.63) is 235 Å². The second kappa shape index (κ2) is 19.7. The van der Waals surface area contributed by atoms with Crippen molar-refractivity contribution in [3.8, 4) is 79.1 Å². The first-order valence-electron chi connectivity index (χ1n) is 27.8. The highest BCUT2D eigenvalue weighted by Crippen LogP contribution is 2.47. The van der Waals surface area contributed by atoms with Gasteiger partial charge in [-0.3, -0.25) is 0 Å². The van der Waals surface area contributed by atoms with Gasteiger partial charge < -0.3 is 9.13 Å². The standard InChI is InChI=1S/C75H61F3N4/c1-40-23-44(5)71(45(6)24-40)53-14-19-65-59(32-53)60-33-54(72-46(7)25-41(2)26-47(72)8)15-20-66(60)81(65)69-36-57(58-18-13-52(38-79)31-64(58)75(76,77)78)37-70(63(69)39-80)82-67-21-16-55(73-48(9)27-42(3)28-49(73)10)34-61(67)62-35-56(17-22-68(62)82)74-50(11)29-43(4)30-51(74)12/h13-37H,1-12H3. The molecule has 0 unspecified atom stereocenters. The monoisotopic (exact) mass is 1070 g/mol. The van der Waals surface area contributed by atoms with E-state index >= 15 is 13.2 Å². The quantitative estimate of drug-likeness (QED) is 0.160. The summed E-state index contributed by atoms with van der Waals surface area (Å²) in [5.74, 6) is 0. The van der Waals surface area contributed by atoms with Gasteiger partial charge in [0.25, 0.3) is 0 Å². The van der Waals surface area contributed by atoms with E-state index < -0.39 is 11.7 Å². The molecule has 0 spiro atoms. The molecule has 0 fully saturated rings. The Morgan fingerprint density at radius 3 is 0.878 bits per heavy atom. The van der Waals surface area contributed by atoms with E-state index in [0.717, 1.165) is 139 Å². The van der Waals surface area contributed by atoms with Crippen LogP contribution in [-0.2, 0) is 6.18 Å². The van der Waals surface area contributed by atoms with E-state index in [4.69, 9.17) is 0 Å². The number of rotatable bonds is 7. The third kappa shape index (κ3) is 8.75. The SMILES string of the molecule is Cc1cc(C)c(-c2ccc3c(c2)c2cc(-c4c(C)cc(C)cc4C)ccc2n3-c2cc(-c3ccc(C#N)cc3C(F)(F)F)cc(-n3c4ccc(-c5c(C)cc(C)cc5C)cc4c4cc(-c5c(C)cc(C)cc5C)ccc43)c2C#N)c(C)c1. The molecule has 7 heteroatoms. The zero-order valence-electron chi connectivity index (χ0n) is 48.4. The first-order chi connectivity index (χ1) is 39.1. The summed E-state index contributed by atoms with van der Waals surface area (Å²) in [5, 5.41) is 25.7. The number of hydrogen-bond donors (Lipinski definition) is 0. The molecule has 0 atom stereocenters. The molecule has 0 saturated carbocycles. The highest BCUT2D eigenvalue weighted by atomic mass is 19.4. The summed E-state index contributed by atoms with van der Waals surface area (Å²) in [7, 11) is 0. The number of nitrogens with zero attached hydrogens (tertiary/aromatic N) is 4. The molecule has 0 aliphatic heterocycles. The van der Waals surface area contributed by atoms with Gasteiger partial charge in [-0.2, -0.15) is 23.7 Å². The zero-order chi connectivity index (χ0) is 58.0. The van der Waals surface area contributed by atoms with E-state index in [0.29, 0.717) is 11.4 Å². The Morgan fingerprint density at radius 1 is 0.329 bits per heavy atom. The lowest BCUT2D eigenvalue weighted by atomic mass is 9.91. The van der Waals surface area contributed by atoms with Crippen molar-refractivity contribution in [2.24, 2.45) is 0 Å². The predicted molar refractivity (Wildman–Crippen MR) is 334 cm³/mol. The second-order valence-corrected chi connectivity index (χ2v) is 23.1. The average molecular weight is 1080 g/mol. The largest absolute Gasteiger partial charge is 0.417 e. The van der Waals surface area contributed by atoms with Gasteiger partial charge in [0, 0.05) is 21.5 Å². The van der Waals surface area contributed by atoms with Crippen molar-refractivity contribution in [1.29, 1.82) is 10.5 Å². The third-order valence-corrected chi connectivity index (χ3v) is 16.8. The Bertz CT molecular complexity index is 4250. The van der Waals surface area contributed by atoms with Gasteiger partial charge in [-0.1, -0.05) is 101 Å². The molecule has 12 aromatic rings. The van der Waals surface area contributed by atoms with Crippen molar-refractivity contribution in [2.75, 3.05) is 0 Å². The molecule has 82 heavy (non-hydrogen) atoms. The minimum absolute atomic E-state index is 0.107. The van der Waals surface area contributed by atoms with Crippen LogP contribution in [-0.4, -0.2) is 9.13 Å². The normalized spacial score (nSPS) is 11.8. The van der Waals surface area contributed by atoms with Gasteiger partial charge in [0.15, 0.2) is 0 Å². The number of alkyl halides is 3. The number of fused-ring (bicyclic) bond motifs is 6. The predicted octanol–water partition coefficient (Wildman–Crippen LogP) is 20.7. The third-order valence-electron chi connectivity index (χ3n) is 16.8. The number of halogens is 3. The van der Waals surface area contributed by atoms with Crippen LogP contribution in [0, 0.1) is 106 Å². The highest BCUT2D eigenvalue weighted by Gasteiger charge is 2.35. The smallest absolute Gasteiger partial charge is 0.308 e. The Kier molecular flexibility index (Phi) is 12.8. The van der Waals surface area contributed by atoms with Crippen molar-refractivity contribution >= 4 is 43.6 Å². The van der Waals surface area contributed by atoms with Crippen LogP contribution in [0.15, 0.2) is 152 Å². The molecule has 0 amide bonds. The van der Waals surface area contributed by atoms with E-state index in [1.165, 1.54) is 34.4 Å². The minimum Gasteiger partial charge on any atom is -0.308 e. The zero-order valence-corrected chi connectivity index (χ0v) is 48.4. The molecule has 402 valence electrons. The summed E-state index contributed by atoms with van der Waals surface area (Å²) in [6, 6.07) is 55.2.